The molecule has 6 heteroatoms. The molecule has 0 fully saturated rings. The van der Waals surface area contributed by atoms with Gasteiger partial charge in [0.05, 0.1) is 24.6 Å². The van der Waals surface area contributed by atoms with Gasteiger partial charge in [0, 0.05) is 13.2 Å². The van der Waals surface area contributed by atoms with Crippen molar-refractivity contribution in [1.29, 1.82) is 0 Å². The van der Waals surface area contributed by atoms with Crippen LogP contribution < -0.4 is 11.1 Å². The van der Waals surface area contributed by atoms with Gasteiger partial charge in [-0.15, -0.1) is 0 Å². The Morgan fingerprint density at radius 3 is 2.88 bits per heavy atom. The molecule has 0 radical (unpaired) electrons. The number of benzene rings is 1. The second kappa shape index (κ2) is 6.72. The molecule has 94 valence electrons. The summed E-state index contributed by atoms with van der Waals surface area (Å²) in [4.78, 5) is 11.4. The van der Waals surface area contributed by atoms with Crippen molar-refractivity contribution < 1.29 is 19.4 Å². The number of phenolic OH excluding ortho intramolecular Hbond substituents is 1. The fourth-order valence-corrected chi connectivity index (χ4v) is 1.16. The van der Waals surface area contributed by atoms with Gasteiger partial charge in [-0.05, 0) is 12.1 Å². The molecule has 0 aliphatic heterocycles. The first-order chi connectivity index (χ1) is 8.13. The van der Waals surface area contributed by atoms with E-state index in [9.17, 15) is 4.79 Å². The number of nitrogen functional groups attached to an aromatic ring is 1. The molecule has 1 aromatic carbocycles. The van der Waals surface area contributed by atoms with Crippen LogP contribution in [0.25, 0.3) is 0 Å². The largest absolute Gasteiger partial charge is 0.508 e. The molecule has 17 heavy (non-hydrogen) atoms. The van der Waals surface area contributed by atoms with Crippen LogP contribution in [0.5, 0.6) is 5.75 Å². The van der Waals surface area contributed by atoms with Gasteiger partial charge in [-0.3, -0.25) is 4.79 Å². The van der Waals surface area contributed by atoms with Crippen LogP contribution in [0.2, 0.25) is 0 Å². The third-order valence-electron chi connectivity index (χ3n) is 1.97. The number of ether oxygens (including phenoxy) is 2. The maximum Gasteiger partial charge on any atom is 0.250 e. The molecule has 0 saturated heterocycles. The van der Waals surface area contributed by atoms with E-state index >= 15 is 0 Å². The van der Waals surface area contributed by atoms with E-state index in [-0.39, 0.29) is 18.3 Å². The van der Waals surface area contributed by atoms with Crippen LogP contribution in [-0.4, -0.2) is 37.9 Å². The number of phenols is 1. The van der Waals surface area contributed by atoms with Crippen LogP contribution in [0.15, 0.2) is 18.2 Å². The Morgan fingerprint density at radius 2 is 2.24 bits per heavy atom. The molecule has 1 amide bonds. The lowest BCUT2D eigenvalue weighted by molar-refractivity contribution is -0.121. The van der Waals surface area contributed by atoms with Crippen molar-refractivity contribution in [2.45, 2.75) is 0 Å². The summed E-state index contributed by atoms with van der Waals surface area (Å²) in [6.45, 7) is 0.729. The summed E-state index contributed by atoms with van der Waals surface area (Å²) in [5, 5.41) is 11.7. The third-order valence-corrected chi connectivity index (χ3v) is 1.97. The summed E-state index contributed by atoms with van der Waals surface area (Å²) in [6, 6.07) is 4.33. The fraction of sp³-hybridized carbons (Fsp3) is 0.364. The number of carbonyl (C=O) groups is 1. The topological polar surface area (TPSA) is 93.8 Å². The molecule has 0 aliphatic carbocycles. The van der Waals surface area contributed by atoms with Crippen LogP contribution in [0, 0.1) is 0 Å². The Balaban J connectivity index is 2.40. The molecular weight excluding hydrogens is 224 g/mol. The van der Waals surface area contributed by atoms with Gasteiger partial charge in [0.2, 0.25) is 5.91 Å². The van der Waals surface area contributed by atoms with Gasteiger partial charge in [-0.1, -0.05) is 0 Å². The number of methoxy groups -OCH3 is 1. The minimum Gasteiger partial charge on any atom is -0.508 e. The number of carbonyl (C=O) groups excluding carboxylic acids is 1. The van der Waals surface area contributed by atoms with Gasteiger partial charge in [0.25, 0.3) is 0 Å². The Kier molecular flexibility index (Phi) is 5.25. The highest BCUT2D eigenvalue weighted by molar-refractivity contribution is 5.94. The van der Waals surface area contributed by atoms with E-state index in [1.807, 2.05) is 0 Å². The molecule has 0 spiro atoms. The van der Waals surface area contributed by atoms with Gasteiger partial charge >= 0.3 is 0 Å². The summed E-state index contributed by atoms with van der Waals surface area (Å²) >= 11 is 0. The molecule has 0 atom stereocenters. The highest BCUT2D eigenvalue weighted by atomic mass is 16.5. The summed E-state index contributed by atoms with van der Waals surface area (Å²) < 4.78 is 9.81. The first kappa shape index (κ1) is 13.3. The maximum absolute atomic E-state index is 11.4. The predicted octanol–water partition coefficient (Wildman–Crippen LogP) is 0.576. The molecule has 1 aromatic rings. The van der Waals surface area contributed by atoms with Gasteiger partial charge < -0.3 is 25.6 Å². The summed E-state index contributed by atoms with van der Waals surface area (Å²) in [6.07, 6.45) is 0. The molecule has 0 unspecified atom stereocenters. The lowest BCUT2D eigenvalue weighted by Crippen LogP contribution is -2.20. The Morgan fingerprint density at radius 1 is 1.47 bits per heavy atom. The van der Waals surface area contributed by atoms with Gasteiger partial charge in [0.15, 0.2) is 0 Å². The number of rotatable bonds is 6. The van der Waals surface area contributed by atoms with E-state index in [0.717, 1.165) is 0 Å². The molecule has 0 aromatic heterocycles. The van der Waals surface area contributed by atoms with E-state index in [2.05, 4.69) is 5.32 Å². The van der Waals surface area contributed by atoms with E-state index in [4.69, 9.17) is 20.3 Å². The van der Waals surface area contributed by atoms with E-state index in [1.165, 1.54) is 18.2 Å². The minimum atomic E-state index is -0.307. The van der Waals surface area contributed by atoms with Crippen molar-refractivity contribution in [2.24, 2.45) is 0 Å². The maximum atomic E-state index is 11.4. The number of anilines is 2. The van der Waals surface area contributed by atoms with Crippen molar-refractivity contribution in [3.8, 4) is 5.75 Å². The molecular formula is C11H16N2O4. The van der Waals surface area contributed by atoms with Crippen LogP contribution >= 0.6 is 0 Å². The van der Waals surface area contributed by atoms with Crippen molar-refractivity contribution in [3.05, 3.63) is 18.2 Å². The minimum absolute atomic E-state index is 0.0526. The van der Waals surface area contributed by atoms with E-state index in [1.54, 1.807) is 7.11 Å². The van der Waals surface area contributed by atoms with Gasteiger partial charge in [-0.25, -0.2) is 0 Å². The molecule has 0 bridgehead atoms. The lowest BCUT2D eigenvalue weighted by atomic mass is 10.2. The van der Waals surface area contributed by atoms with Crippen LogP contribution in [-0.2, 0) is 14.3 Å². The quantitative estimate of drug-likeness (QED) is 0.384. The van der Waals surface area contributed by atoms with Crippen LogP contribution in [0.3, 0.4) is 0 Å². The normalized spacial score (nSPS) is 10.2. The predicted molar refractivity (Wildman–Crippen MR) is 63.8 cm³/mol. The zero-order valence-electron chi connectivity index (χ0n) is 9.60. The average Bonchev–Trinajstić information content (AvgIpc) is 2.28. The van der Waals surface area contributed by atoms with Crippen LogP contribution in [0.4, 0.5) is 11.4 Å². The zero-order valence-corrected chi connectivity index (χ0v) is 9.60. The number of aromatic hydroxyl groups is 1. The Hall–Kier alpha value is -1.79. The summed E-state index contributed by atoms with van der Waals surface area (Å²) in [5.74, 6) is -0.254. The summed E-state index contributed by atoms with van der Waals surface area (Å²) in [5.41, 5.74) is 6.36. The van der Waals surface area contributed by atoms with Crippen molar-refractivity contribution in [3.63, 3.8) is 0 Å². The number of hydrogen-bond acceptors (Lipinski definition) is 5. The SMILES string of the molecule is COCCOCC(=O)Nc1ccc(O)cc1N. The first-order valence-electron chi connectivity index (χ1n) is 5.08. The number of amides is 1. The zero-order chi connectivity index (χ0) is 12.7. The van der Waals surface area contributed by atoms with Crippen LogP contribution in [0.1, 0.15) is 0 Å². The first-order valence-corrected chi connectivity index (χ1v) is 5.08. The van der Waals surface area contributed by atoms with Gasteiger partial charge in [-0.2, -0.15) is 0 Å². The number of nitrogens with one attached hydrogen (secondary N) is 1. The highest BCUT2D eigenvalue weighted by Crippen LogP contribution is 2.22. The highest BCUT2D eigenvalue weighted by Gasteiger charge is 2.05. The molecule has 0 heterocycles. The fourth-order valence-electron chi connectivity index (χ4n) is 1.16. The molecule has 0 saturated carbocycles. The third kappa shape index (κ3) is 4.71. The standard InChI is InChI=1S/C11H16N2O4/c1-16-4-5-17-7-11(15)13-10-3-2-8(14)6-9(10)12/h2-3,6,14H,4-5,7,12H2,1H3,(H,13,15). The second-order valence-corrected chi connectivity index (χ2v) is 3.37. The second-order valence-electron chi connectivity index (χ2n) is 3.37. The van der Waals surface area contributed by atoms with Crippen molar-refractivity contribution in [1.82, 2.24) is 0 Å². The Labute approximate surface area is 99.3 Å². The number of hydrogen-bond donors (Lipinski definition) is 3. The number of nitrogens with two attached hydrogens (primary N) is 1. The lowest BCUT2D eigenvalue weighted by Gasteiger charge is -2.08. The smallest absolute Gasteiger partial charge is 0.250 e. The van der Waals surface area contributed by atoms with E-state index < -0.39 is 0 Å². The monoisotopic (exact) mass is 240 g/mol. The van der Waals surface area contributed by atoms with Gasteiger partial charge in [0.1, 0.15) is 12.4 Å². The molecule has 1 rings (SSSR count). The van der Waals surface area contributed by atoms with E-state index in [0.29, 0.717) is 24.6 Å². The van der Waals surface area contributed by atoms with Crippen molar-refractivity contribution >= 4 is 17.3 Å². The van der Waals surface area contributed by atoms with Crippen molar-refractivity contribution in [2.75, 3.05) is 38.0 Å². The molecule has 6 nitrogen and oxygen atoms in total. The molecule has 4 N–H and O–H groups in total. The Bertz CT molecular complexity index is 382. The molecule has 0 aliphatic rings. The average molecular weight is 240 g/mol. The summed E-state index contributed by atoms with van der Waals surface area (Å²) in [7, 11) is 1.56.